The van der Waals surface area contributed by atoms with Crippen molar-refractivity contribution in [2.24, 2.45) is 0 Å². The molecule has 1 aliphatic carbocycles. The Morgan fingerprint density at radius 3 is 1.92 bits per heavy atom. The molecule has 0 aliphatic heterocycles. The molecule has 0 amide bonds. The summed E-state index contributed by atoms with van der Waals surface area (Å²) < 4.78 is 0. The van der Waals surface area contributed by atoms with Crippen molar-refractivity contribution in [2.45, 2.75) is 79.1 Å². The lowest BCUT2D eigenvalue weighted by atomic mass is 9.85. The summed E-state index contributed by atoms with van der Waals surface area (Å²) in [5.41, 5.74) is 1.63. The molecule has 1 rings (SSSR count). The molecule has 4 nitrogen and oxygen atoms in total. The maximum atomic E-state index is 12.4. The predicted molar refractivity (Wildman–Crippen MR) is 99.4 cm³/mol. The van der Waals surface area contributed by atoms with Crippen molar-refractivity contribution in [1.29, 1.82) is 0 Å². The molecule has 0 unspecified atom stereocenters. The summed E-state index contributed by atoms with van der Waals surface area (Å²) >= 11 is 0. The van der Waals surface area contributed by atoms with Crippen molar-refractivity contribution in [1.82, 2.24) is 0 Å². The second-order valence-electron chi connectivity index (χ2n) is 6.79. The highest BCUT2D eigenvalue weighted by Crippen LogP contribution is 2.26. The first kappa shape index (κ1) is 21.1. The van der Waals surface area contributed by atoms with Gasteiger partial charge in [-0.15, -0.1) is 0 Å². The standard InChI is InChI=1S/C21H30O4/c1-5-6-7-8-9-10-11-12-17(21(24)25)13-18-16(4)19(22)14(2)15(3)20(18)23/h13H,5-12H2,1-4H3,(H,24,25). The number of hydrogen-bond acceptors (Lipinski definition) is 3. The molecule has 0 bridgehead atoms. The van der Waals surface area contributed by atoms with Gasteiger partial charge in [-0.05, 0) is 39.7 Å². The van der Waals surface area contributed by atoms with E-state index in [0.29, 0.717) is 23.1 Å². The lowest BCUT2D eigenvalue weighted by Crippen LogP contribution is -2.20. The van der Waals surface area contributed by atoms with Crippen LogP contribution in [0.2, 0.25) is 0 Å². The van der Waals surface area contributed by atoms with Crippen molar-refractivity contribution < 1.29 is 19.5 Å². The van der Waals surface area contributed by atoms with Crippen LogP contribution in [0.4, 0.5) is 0 Å². The van der Waals surface area contributed by atoms with Gasteiger partial charge in [0.15, 0.2) is 11.6 Å². The third-order valence-corrected chi connectivity index (χ3v) is 4.88. The van der Waals surface area contributed by atoms with Gasteiger partial charge in [0.2, 0.25) is 0 Å². The molecule has 1 N–H and O–H groups in total. The molecule has 1 aliphatic rings. The molecule has 0 radical (unpaired) electrons. The number of carbonyl (C=O) groups excluding carboxylic acids is 2. The smallest absolute Gasteiger partial charge is 0.331 e. The van der Waals surface area contributed by atoms with E-state index < -0.39 is 5.97 Å². The summed E-state index contributed by atoms with van der Waals surface area (Å²) in [4.78, 5) is 36.1. The van der Waals surface area contributed by atoms with E-state index in [1.807, 2.05) is 0 Å². The minimum absolute atomic E-state index is 0.177. The van der Waals surface area contributed by atoms with E-state index in [4.69, 9.17) is 0 Å². The number of ketones is 2. The van der Waals surface area contributed by atoms with Crippen LogP contribution in [0.15, 0.2) is 33.9 Å². The third kappa shape index (κ3) is 5.80. The van der Waals surface area contributed by atoms with E-state index in [0.717, 1.165) is 19.3 Å². The zero-order valence-electron chi connectivity index (χ0n) is 15.9. The van der Waals surface area contributed by atoms with Gasteiger partial charge < -0.3 is 5.11 Å². The van der Waals surface area contributed by atoms with Crippen LogP contribution in [0.25, 0.3) is 0 Å². The highest BCUT2D eigenvalue weighted by atomic mass is 16.4. The van der Waals surface area contributed by atoms with Crippen LogP contribution < -0.4 is 0 Å². The number of carboxylic acid groups (broad SMARTS) is 1. The fourth-order valence-corrected chi connectivity index (χ4v) is 2.98. The van der Waals surface area contributed by atoms with Crippen molar-refractivity contribution in [3.63, 3.8) is 0 Å². The van der Waals surface area contributed by atoms with Crippen LogP contribution >= 0.6 is 0 Å². The van der Waals surface area contributed by atoms with Crippen molar-refractivity contribution in [3.8, 4) is 0 Å². The van der Waals surface area contributed by atoms with E-state index in [9.17, 15) is 19.5 Å². The first-order valence-corrected chi connectivity index (χ1v) is 9.22. The van der Waals surface area contributed by atoms with E-state index in [-0.39, 0.29) is 22.7 Å². The topological polar surface area (TPSA) is 71.4 Å². The SMILES string of the molecule is CCCCCCCCCC(=CC1=C(C)C(=O)C(C)=C(C)C1=O)C(=O)O. The van der Waals surface area contributed by atoms with Crippen LogP contribution in [0.1, 0.15) is 79.1 Å². The van der Waals surface area contributed by atoms with Gasteiger partial charge in [-0.2, -0.15) is 0 Å². The van der Waals surface area contributed by atoms with Gasteiger partial charge in [-0.25, -0.2) is 4.79 Å². The zero-order valence-corrected chi connectivity index (χ0v) is 15.9. The second-order valence-corrected chi connectivity index (χ2v) is 6.79. The molecule has 0 spiro atoms. The maximum Gasteiger partial charge on any atom is 0.331 e. The quantitative estimate of drug-likeness (QED) is 0.345. The molecule has 0 fully saturated rings. The lowest BCUT2D eigenvalue weighted by Gasteiger charge is -2.17. The second kappa shape index (κ2) is 10.1. The van der Waals surface area contributed by atoms with Gasteiger partial charge in [-0.1, -0.05) is 45.4 Å². The van der Waals surface area contributed by atoms with E-state index in [1.165, 1.54) is 31.8 Å². The number of carbonyl (C=O) groups is 3. The Balaban J connectivity index is 2.77. The molecule has 25 heavy (non-hydrogen) atoms. The van der Waals surface area contributed by atoms with Gasteiger partial charge in [0, 0.05) is 27.9 Å². The molecule has 0 saturated heterocycles. The Kier molecular flexibility index (Phi) is 8.53. The van der Waals surface area contributed by atoms with Crippen LogP contribution in [0, 0.1) is 0 Å². The number of aliphatic carboxylic acids is 1. The number of Topliss-reactive ketones (excluding diaryl/α,β-unsaturated/α-hetero) is 2. The van der Waals surface area contributed by atoms with Gasteiger partial charge in [-0.3, -0.25) is 9.59 Å². The molecule has 0 saturated carbocycles. The molecule has 0 heterocycles. The summed E-state index contributed by atoms with van der Waals surface area (Å²) in [5.74, 6) is -1.44. The van der Waals surface area contributed by atoms with Gasteiger partial charge in [0.25, 0.3) is 0 Å². The number of allylic oxidation sites excluding steroid dienone is 5. The Morgan fingerprint density at radius 1 is 0.840 bits per heavy atom. The Hall–Kier alpha value is -1.97. The lowest BCUT2D eigenvalue weighted by molar-refractivity contribution is -0.132. The van der Waals surface area contributed by atoms with Gasteiger partial charge in [0.1, 0.15) is 0 Å². The first-order chi connectivity index (χ1) is 11.8. The minimum Gasteiger partial charge on any atom is -0.478 e. The summed E-state index contributed by atoms with van der Waals surface area (Å²) in [6.07, 6.45) is 9.56. The van der Waals surface area contributed by atoms with Crippen LogP contribution in [0.3, 0.4) is 0 Å². The monoisotopic (exact) mass is 346 g/mol. The first-order valence-electron chi connectivity index (χ1n) is 9.22. The molecule has 4 heteroatoms. The number of rotatable bonds is 10. The normalized spacial score (nSPS) is 16.1. The average Bonchev–Trinajstić information content (AvgIpc) is 2.59. The molecule has 138 valence electrons. The highest BCUT2D eigenvalue weighted by Gasteiger charge is 2.27. The van der Waals surface area contributed by atoms with Crippen molar-refractivity contribution >= 4 is 17.5 Å². The van der Waals surface area contributed by atoms with Gasteiger partial charge in [0.05, 0.1) is 0 Å². The fourth-order valence-electron chi connectivity index (χ4n) is 2.98. The molecule has 0 aromatic heterocycles. The molecular weight excluding hydrogens is 316 g/mol. The van der Waals surface area contributed by atoms with Crippen LogP contribution in [0.5, 0.6) is 0 Å². The highest BCUT2D eigenvalue weighted by molar-refractivity contribution is 6.25. The number of unbranched alkanes of at least 4 members (excludes halogenated alkanes) is 6. The average molecular weight is 346 g/mol. The van der Waals surface area contributed by atoms with Crippen LogP contribution in [-0.4, -0.2) is 22.6 Å². The Morgan fingerprint density at radius 2 is 1.36 bits per heavy atom. The van der Waals surface area contributed by atoms with Crippen molar-refractivity contribution in [2.75, 3.05) is 0 Å². The van der Waals surface area contributed by atoms with Gasteiger partial charge >= 0.3 is 5.97 Å². The summed E-state index contributed by atoms with van der Waals surface area (Å²) in [7, 11) is 0. The largest absolute Gasteiger partial charge is 0.478 e. The molecule has 0 aromatic rings. The predicted octanol–water partition coefficient (Wildman–Crippen LogP) is 4.94. The van der Waals surface area contributed by atoms with E-state index >= 15 is 0 Å². The Labute approximate surface area is 150 Å². The number of hydrogen-bond donors (Lipinski definition) is 1. The van der Waals surface area contributed by atoms with Crippen molar-refractivity contribution in [3.05, 3.63) is 33.9 Å². The summed E-state index contributed by atoms with van der Waals surface area (Å²) in [6, 6.07) is 0. The summed E-state index contributed by atoms with van der Waals surface area (Å²) in [5, 5.41) is 9.43. The fraction of sp³-hybridized carbons (Fsp3) is 0.571. The maximum absolute atomic E-state index is 12.4. The Bertz CT molecular complexity index is 632. The molecule has 0 aromatic carbocycles. The molecule has 0 atom stereocenters. The van der Waals surface area contributed by atoms with Crippen LogP contribution in [-0.2, 0) is 14.4 Å². The summed E-state index contributed by atoms with van der Waals surface area (Å²) in [6.45, 7) is 7.02. The minimum atomic E-state index is -1.02. The zero-order chi connectivity index (χ0) is 19.0. The van der Waals surface area contributed by atoms with E-state index in [2.05, 4.69) is 6.92 Å². The van der Waals surface area contributed by atoms with E-state index in [1.54, 1.807) is 20.8 Å². The number of carboxylic acids is 1. The third-order valence-electron chi connectivity index (χ3n) is 4.88. The molecular formula is C21H30O4.